The molecule has 0 bridgehead atoms. The Labute approximate surface area is 104 Å². The topological polar surface area (TPSA) is 105 Å². The molecular weight excluding hydrogens is 240 g/mol. The molecule has 100 valence electrons. The number of hydrogen-bond acceptors (Lipinski definition) is 6. The lowest BCUT2D eigenvalue weighted by molar-refractivity contribution is -0.384. The molecule has 7 heteroatoms. The van der Waals surface area contributed by atoms with Gasteiger partial charge in [-0.3, -0.25) is 10.1 Å². The molecule has 0 saturated carbocycles. The number of benzene rings is 1. The molecule has 0 amide bonds. The first-order valence-electron chi connectivity index (χ1n) is 5.48. The quantitative estimate of drug-likeness (QED) is 0.491. The molecule has 1 rings (SSSR count). The minimum Gasteiger partial charge on any atom is -0.491 e. The molecule has 1 aromatic rings. The lowest BCUT2D eigenvalue weighted by Crippen LogP contribution is -2.13. The molecule has 0 aromatic heterocycles. The van der Waals surface area contributed by atoms with E-state index in [9.17, 15) is 10.1 Å². The van der Waals surface area contributed by atoms with Crippen LogP contribution in [0.2, 0.25) is 0 Å². The number of ether oxygens (including phenoxy) is 1. The van der Waals surface area contributed by atoms with Crippen LogP contribution in [0.15, 0.2) is 18.2 Å². The van der Waals surface area contributed by atoms with Crippen molar-refractivity contribution in [2.24, 2.45) is 0 Å². The van der Waals surface area contributed by atoms with Crippen molar-refractivity contribution in [2.75, 3.05) is 25.1 Å². The highest BCUT2D eigenvalue weighted by molar-refractivity contribution is 5.63. The van der Waals surface area contributed by atoms with Gasteiger partial charge in [-0.05, 0) is 19.1 Å². The van der Waals surface area contributed by atoms with Gasteiger partial charge in [0, 0.05) is 6.54 Å². The zero-order valence-corrected chi connectivity index (χ0v) is 10.00. The maximum atomic E-state index is 10.9. The molecule has 0 heterocycles. The molecule has 1 atom stereocenters. The van der Waals surface area contributed by atoms with Crippen molar-refractivity contribution in [3.63, 3.8) is 0 Å². The molecule has 18 heavy (non-hydrogen) atoms. The van der Waals surface area contributed by atoms with Gasteiger partial charge in [-0.2, -0.15) is 0 Å². The Bertz CT molecular complexity index is 408. The largest absolute Gasteiger partial charge is 0.491 e. The summed E-state index contributed by atoms with van der Waals surface area (Å²) in [5.41, 5.74) is 0.185. The van der Waals surface area contributed by atoms with Crippen molar-refractivity contribution in [3.8, 4) is 5.75 Å². The molecule has 3 N–H and O–H groups in total. The fourth-order valence-electron chi connectivity index (χ4n) is 1.31. The van der Waals surface area contributed by atoms with Gasteiger partial charge in [0.15, 0.2) is 0 Å². The van der Waals surface area contributed by atoms with Crippen LogP contribution in [-0.2, 0) is 0 Å². The summed E-state index contributed by atoms with van der Waals surface area (Å²) in [6.07, 6.45) is -0.642. The van der Waals surface area contributed by atoms with Crippen LogP contribution in [0.25, 0.3) is 0 Å². The third kappa shape index (κ3) is 4.19. The van der Waals surface area contributed by atoms with Crippen LogP contribution >= 0.6 is 0 Å². The molecule has 1 unspecified atom stereocenters. The lowest BCUT2D eigenvalue weighted by Gasteiger charge is -2.10. The Morgan fingerprint density at radius 1 is 1.56 bits per heavy atom. The van der Waals surface area contributed by atoms with Crippen molar-refractivity contribution < 1.29 is 19.9 Å². The van der Waals surface area contributed by atoms with Crippen molar-refractivity contribution in [1.29, 1.82) is 0 Å². The highest BCUT2D eigenvalue weighted by Gasteiger charge is 2.15. The molecule has 0 aliphatic rings. The van der Waals surface area contributed by atoms with Crippen molar-refractivity contribution in [1.82, 2.24) is 0 Å². The van der Waals surface area contributed by atoms with Gasteiger partial charge >= 0.3 is 0 Å². The van der Waals surface area contributed by atoms with Crippen LogP contribution in [0.3, 0.4) is 0 Å². The number of nitro benzene ring substituents is 1. The fourth-order valence-corrected chi connectivity index (χ4v) is 1.31. The van der Waals surface area contributed by atoms with Crippen LogP contribution < -0.4 is 10.1 Å². The Balaban J connectivity index is 2.85. The maximum absolute atomic E-state index is 10.9. The van der Waals surface area contributed by atoms with Crippen LogP contribution in [0.1, 0.15) is 6.92 Å². The molecule has 0 aliphatic carbocycles. The summed E-state index contributed by atoms with van der Waals surface area (Å²) in [6, 6.07) is 4.35. The third-order valence-corrected chi connectivity index (χ3v) is 2.08. The first-order chi connectivity index (χ1) is 8.54. The Kier molecular flexibility index (Phi) is 5.34. The Morgan fingerprint density at radius 3 is 2.83 bits per heavy atom. The normalized spacial score (nSPS) is 11.9. The highest BCUT2D eigenvalue weighted by Crippen LogP contribution is 2.28. The number of hydrogen-bond donors (Lipinski definition) is 3. The summed E-state index contributed by atoms with van der Waals surface area (Å²) in [6.45, 7) is 1.75. The van der Waals surface area contributed by atoms with Gasteiger partial charge in [-0.25, -0.2) is 0 Å². The first kappa shape index (κ1) is 14.2. The molecular formula is C11H16N2O5. The van der Waals surface area contributed by atoms with E-state index in [2.05, 4.69) is 5.32 Å². The molecule has 0 aliphatic heterocycles. The molecule has 0 fully saturated rings. The fraction of sp³-hybridized carbons (Fsp3) is 0.455. The Hall–Kier alpha value is -1.86. The van der Waals surface area contributed by atoms with Crippen LogP contribution in [-0.4, -0.2) is 41.0 Å². The van der Waals surface area contributed by atoms with Crippen LogP contribution in [0, 0.1) is 10.1 Å². The summed E-state index contributed by atoms with van der Waals surface area (Å²) in [7, 11) is 0. The van der Waals surface area contributed by atoms with E-state index in [4.69, 9.17) is 14.9 Å². The van der Waals surface area contributed by atoms with E-state index in [1.165, 1.54) is 12.1 Å². The second-order valence-corrected chi connectivity index (χ2v) is 3.75. The number of rotatable bonds is 7. The zero-order valence-electron chi connectivity index (χ0n) is 10.00. The van der Waals surface area contributed by atoms with E-state index >= 15 is 0 Å². The number of aliphatic hydroxyl groups excluding tert-OH is 2. The average molecular weight is 256 g/mol. The van der Waals surface area contributed by atoms with Crippen molar-refractivity contribution in [3.05, 3.63) is 28.3 Å². The average Bonchev–Trinajstić information content (AvgIpc) is 2.34. The lowest BCUT2D eigenvalue weighted by atomic mass is 10.2. The monoisotopic (exact) mass is 256 g/mol. The van der Waals surface area contributed by atoms with E-state index in [1.54, 1.807) is 13.0 Å². The maximum Gasteiger partial charge on any atom is 0.296 e. The van der Waals surface area contributed by atoms with E-state index in [1.807, 2.05) is 0 Å². The van der Waals surface area contributed by atoms with E-state index in [0.717, 1.165) is 0 Å². The smallest absolute Gasteiger partial charge is 0.296 e. The van der Waals surface area contributed by atoms with Gasteiger partial charge < -0.3 is 20.3 Å². The van der Waals surface area contributed by atoms with Crippen LogP contribution in [0.4, 0.5) is 11.4 Å². The van der Waals surface area contributed by atoms with Gasteiger partial charge in [0.05, 0.1) is 23.7 Å². The minimum atomic E-state index is -0.642. The predicted octanol–water partition coefficient (Wildman–Crippen LogP) is 0.759. The summed E-state index contributed by atoms with van der Waals surface area (Å²) < 4.78 is 5.19. The van der Waals surface area contributed by atoms with E-state index in [-0.39, 0.29) is 25.4 Å². The Morgan fingerprint density at radius 2 is 2.28 bits per heavy atom. The summed E-state index contributed by atoms with van der Waals surface area (Å²) in [5, 5.41) is 31.3. The van der Waals surface area contributed by atoms with Gasteiger partial charge in [0.1, 0.15) is 18.0 Å². The van der Waals surface area contributed by atoms with Crippen molar-refractivity contribution in [2.45, 2.75) is 13.0 Å². The summed E-state index contributed by atoms with van der Waals surface area (Å²) in [5.74, 6) is 0.317. The molecule has 7 nitrogen and oxygen atoms in total. The summed E-state index contributed by atoms with van der Waals surface area (Å²) in [4.78, 5) is 10.3. The number of nitrogens with one attached hydrogen (secondary N) is 1. The van der Waals surface area contributed by atoms with Crippen LogP contribution in [0.5, 0.6) is 5.75 Å². The van der Waals surface area contributed by atoms with E-state index in [0.29, 0.717) is 11.4 Å². The number of nitrogens with zero attached hydrogens (tertiary/aromatic N) is 1. The molecule has 0 saturated heterocycles. The number of nitro groups is 1. The van der Waals surface area contributed by atoms with E-state index < -0.39 is 11.0 Å². The van der Waals surface area contributed by atoms with Crippen molar-refractivity contribution >= 4 is 11.4 Å². The van der Waals surface area contributed by atoms with Gasteiger partial charge in [0.25, 0.3) is 5.69 Å². The first-order valence-corrected chi connectivity index (χ1v) is 5.48. The second-order valence-electron chi connectivity index (χ2n) is 3.75. The van der Waals surface area contributed by atoms with Gasteiger partial charge in [0.2, 0.25) is 0 Å². The number of aliphatic hydroxyl groups is 2. The van der Waals surface area contributed by atoms with Gasteiger partial charge in [-0.1, -0.05) is 0 Å². The second kappa shape index (κ2) is 6.77. The SMILES string of the molecule is CC(O)COc1ccc(NCCO)c([N+](=O)[O-])c1. The molecule has 1 aromatic carbocycles. The third-order valence-electron chi connectivity index (χ3n) is 2.08. The minimum absolute atomic E-state index is 0.0700. The molecule has 0 spiro atoms. The van der Waals surface area contributed by atoms with Gasteiger partial charge in [-0.15, -0.1) is 0 Å². The zero-order chi connectivity index (χ0) is 13.5. The predicted molar refractivity (Wildman–Crippen MR) is 65.8 cm³/mol. The standard InChI is InChI=1S/C11H16N2O5/c1-8(15)7-18-9-2-3-10(12-4-5-14)11(6-9)13(16)17/h2-3,6,8,12,14-15H,4-5,7H2,1H3. The number of anilines is 1. The molecule has 0 radical (unpaired) electrons. The summed E-state index contributed by atoms with van der Waals surface area (Å²) >= 11 is 0. The highest BCUT2D eigenvalue weighted by atomic mass is 16.6.